The van der Waals surface area contributed by atoms with Gasteiger partial charge in [0.15, 0.2) is 0 Å². The van der Waals surface area contributed by atoms with Gasteiger partial charge >= 0.3 is 0 Å². The molecular weight excluding hydrogens is 833 g/mol. The average Bonchev–Trinajstić information content (AvgIpc) is 3.73. The Morgan fingerprint density at radius 2 is 0.754 bits per heavy atom. The molecule has 0 amide bonds. The summed E-state index contributed by atoms with van der Waals surface area (Å²) in [5.74, 6) is 0. The number of anilines is 6. The molecular formula is C67H44N2. The third kappa shape index (κ3) is 5.73. The third-order valence-electron chi connectivity index (χ3n) is 14.8. The van der Waals surface area contributed by atoms with Crippen molar-refractivity contribution in [1.29, 1.82) is 0 Å². The van der Waals surface area contributed by atoms with Crippen LogP contribution in [0, 0.1) is 0 Å². The van der Waals surface area contributed by atoms with E-state index < -0.39 is 5.41 Å². The van der Waals surface area contributed by atoms with Crippen LogP contribution in [0.4, 0.5) is 34.1 Å². The molecule has 0 N–H and O–H groups in total. The fourth-order valence-corrected chi connectivity index (χ4v) is 12.1. The highest BCUT2D eigenvalue weighted by molar-refractivity contribution is 6.26. The fraction of sp³-hybridized carbons (Fsp3) is 0.0149. The van der Waals surface area contributed by atoms with Gasteiger partial charge in [-0.1, -0.05) is 218 Å². The van der Waals surface area contributed by atoms with E-state index in [1.165, 1.54) is 93.8 Å². The zero-order valence-corrected chi connectivity index (χ0v) is 37.8. The van der Waals surface area contributed by atoms with E-state index in [1.807, 2.05) is 0 Å². The average molecular weight is 877 g/mol. The van der Waals surface area contributed by atoms with Crippen LogP contribution in [0.25, 0.3) is 65.7 Å². The lowest BCUT2D eigenvalue weighted by molar-refractivity contribution is 0.752. The van der Waals surface area contributed by atoms with Gasteiger partial charge in [-0.05, 0) is 125 Å². The van der Waals surface area contributed by atoms with E-state index in [2.05, 4.69) is 277 Å². The van der Waals surface area contributed by atoms with Crippen LogP contribution in [0.1, 0.15) is 22.3 Å². The summed E-state index contributed by atoms with van der Waals surface area (Å²) in [6.07, 6.45) is 0. The van der Waals surface area contributed by atoms with Crippen molar-refractivity contribution in [2.24, 2.45) is 0 Å². The van der Waals surface area contributed by atoms with E-state index in [4.69, 9.17) is 0 Å². The zero-order chi connectivity index (χ0) is 45.5. The Morgan fingerprint density at radius 3 is 1.42 bits per heavy atom. The maximum Gasteiger partial charge on any atom is 0.0755 e. The second-order valence-electron chi connectivity index (χ2n) is 18.3. The first-order valence-electron chi connectivity index (χ1n) is 23.9. The van der Waals surface area contributed by atoms with Gasteiger partial charge in [-0.15, -0.1) is 0 Å². The van der Waals surface area contributed by atoms with E-state index in [9.17, 15) is 0 Å². The maximum absolute atomic E-state index is 2.56. The van der Waals surface area contributed by atoms with Gasteiger partial charge < -0.3 is 9.80 Å². The molecule has 2 aliphatic rings. The van der Waals surface area contributed by atoms with Crippen LogP contribution in [0.3, 0.4) is 0 Å². The molecule has 0 saturated heterocycles. The van der Waals surface area contributed by atoms with Crippen molar-refractivity contribution in [2.45, 2.75) is 5.41 Å². The number of para-hydroxylation sites is 4. The van der Waals surface area contributed by atoms with Crippen LogP contribution in [0.15, 0.2) is 267 Å². The SMILES string of the molecule is c1ccc(-c2ccccc2-c2ccccc2N(c2ccc3c4ccccc4c4ccccc4c3c2)c2cccc3c2-c2ccccc2C32c3ccccc3N(c3ccccc3)c3ccccc32)cc1. The van der Waals surface area contributed by atoms with Crippen molar-refractivity contribution in [3.05, 3.63) is 289 Å². The van der Waals surface area contributed by atoms with Crippen molar-refractivity contribution in [3.8, 4) is 33.4 Å². The summed E-state index contributed by atoms with van der Waals surface area (Å²) in [4.78, 5) is 5.02. The highest BCUT2D eigenvalue weighted by atomic mass is 15.2. The summed E-state index contributed by atoms with van der Waals surface area (Å²) in [5.41, 5.74) is 18.5. The first kappa shape index (κ1) is 39.2. The van der Waals surface area contributed by atoms with E-state index in [0.717, 1.165) is 28.3 Å². The standard InChI is InChI=1S/C67H44N2/c1-3-22-45(23-4-1)48-26-7-8-27-49(48)55-32-14-18-38-62(55)69(47-42-43-54-52-30-10-9-28-50(52)51-29-11-12-31-53(51)57(54)44-47)65-41-21-37-61-66(65)56-33-13-15-34-58(56)67(61)59-35-16-19-39-63(59)68(46-24-5-2-6-25-46)64-40-20-17-36-60(64)67/h1-44H. The molecule has 322 valence electrons. The largest absolute Gasteiger partial charge is 0.310 e. The van der Waals surface area contributed by atoms with Crippen LogP contribution in [0.5, 0.6) is 0 Å². The lowest BCUT2D eigenvalue weighted by Gasteiger charge is -2.45. The summed E-state index contributed by atoms with van der Waals surface area (Å²) in [5, 5.41) is 7.52. The molecule has 2 nitrogen and oxygen atoms in total. The summed E-state index contributed by atoms with van der Waals surface area (Å²) >= 11 is 0. The Morgan fingerprint density at radius 1 is 0.290 bits per heavy atom. The predicted octanol–water partition coefficient (Wildman–Crippen LogP) is 18.1. The molecule has 12 aromatic carbocycles. The van der Waals surface area contributed by atoms with Crippen molar-refractivity contribution in [2.75, 3.05) is 9.80 Å². The van der Waals surface area contributed by atoms with Gasteiger partial charge in [0.05, 0.1) is 28.2 Å². The molecule has 69 heavy (non-hydrogen) atoms. The Balaban J connectivity index is 1.09. The fourth-order valence-electron chi connectivity index (χ4n) is 12.1. The molecule has 0 saturated carbocycles. The number of benzene rings is 12. The minimum Gasteiger partial charge on any atom is -0.310 e. The van der Waals surface area contributed by atoms with Crippen LogP contribution in [0.2, 0.25) is 0 Å². The molecule has 0 aromatic heterocycles. The lowest BCUT2D eigenvalue weighted by atomic mass is 9.64. The van der Waals surface area contributed by atoms with Gasteiger partial charge in [0, 0.05) is 22.5 Å². The lowest BCUT2D eigenvalue weighted by Crippen LogP contribution is -2.36. The van der Waals surface area contributed by atoms with Crippen LogP contribution in [-0.4, -0.2) is 0 Å². The predicted molar refractivity (Wildman–Crippen MR) is 290 cm³/mol. The Bertz CT molecular complexity index is 3900. The Hall–Kier alpha value is -8.98. The first-order valence-corrected chi connectivity index (χ1v) is 23.9. The summed E-state index contributed by atoms with van der Waals surface area (Å²) in [6, 6.07) is 98.8. The number of nitrogens with zero attached hydrogens (tertiary/aromatic N) is 2. The van der Waals surface area contributed by atoms with Crippen LogP contribution in [-0.2, 0) is 5.41 Å². The molecule has 0 fully saturated rings. The normalized spacial score (nSPS) is 13.0. The van der Waals surface area contributed by atoms with Gasteiger partial charge in [-0.25, -0.2) is 0 Å². The smallest absolute Gasteiger partial charge is 0.0755 e. The Kier molecular flexibility index (Phi) is 8.84. The highest BCUT2D eigenvalue weighted by Gasteiger charge is 2.52. The molecule has 1 aliphatic heterocycles. The monoisotopic (exact) mass is 876 g/mol. The summed E-state index contributed by atoms with van der Waals surface area (Å²) in [7, 11) is 0. The minimum absolute atomic E-state index is 0.607. The number of hydrogen-bond donors (Lipinski definition) is 0. The van der Waals surface area contributed by atoms with Crippen molar-refractivity contribution < 1.29 is 0 Å². The van der Waals surface area contributed by atoms with E-state index in [0.29, 0.717) is 0 Å². The molecule has 1 spiro atoms. The second-order valence-corrected chi connectivity index (χ2v) is 18.3. The van der Waals surface area contributed by atoms with Gasteiger partial charge in [0.1, 0.15) is 0 Å². The molecule has 12 aromatic rings. The van der Waals surface area contributed by atoms with Crippen LogP contribution >= 0.6 is 0 Å². The summed E-state index contributed by atoms with van der Waals surface area (Å²) < 4.78 is 0. The van der Waals surface area contributed by atoms with Crippen molar-refractivity contribution in [1.82, 2.24) is 0 Å². The zero-order valence-electron chi connectivity index (χ0n) is 37.8. The first-order chi connectivity index (χ1) is 34.3. The highest BCUT2D eigenvalue weighted by Crippen LogP contribution is 2.65. The van der Waals surface area contributed by atoms with E-state index >= 15 is 0 Å². The molecule has 1 heterocycles. The quantitative estimate of drug-likeness (QED) is 0.154. The van der Waals surface area contributed by atoms with Crippen molar-refractivity contribution >= 4 is 66.4 Å². The van der Waals surface area contributed by atoms with Crippen molar-refractivity contribution in [3.63, 3.8) is 0 Å². The molecule has 0 radical (unpaired) electrons. The van der Waals surface area contributed by atoms with Gasteiger partial charge in [-0.3, -0.25) is 0 Å². The van der Waals surface area contributed by atoms with Gasteiger partial charge in [0.2, 0.25) is 0 Å². The molecule has 0 bridgehead atoms. The molecule has 0 atom stereocenters. The van der Waals surface area contributed by atoms with Gasteiger partial charge in [-0.2, -0.15) is 0 Å². The number of rotatable bonds is 6. The maximum atomic E-state index is 2.56. The number of hydrogen-bond acceptors (Lipinski definition) is 2. The number of fused-ring (bicyclic) bond motifs is 15. The van der Waals surface area contributed by atoms with E-state index in [1.54, 1.807) is 0 Å². The summed E-state index contributed by atoms with van der Waals surface area (Å²) in [6.45, 7) is 0. The second kappa shape index (κ2) is 15.6. The molecule has 1 aliphatic carbocycles. The molecule has 2 heteroatoms. The minimum atomic E-state index is -0.607. The van der Waals surface area contributed by atoms with E-state index in [-0.39, 0.29) is 0 Å². The van der Waals surface area contributed by atoms with Gasteiger partial charge in [0.25, 0.3) is 0 Å². The Labute approximate surface area is 402 Å². The molecule has 14 rings (SSSR count). The topological polar surface area (TPSA) is 6.48 Å². The third-order valence-corrected chi connectivity index (χ3v) is 14.8. The molecule has 0 unspecified atom stereocenters. The van der Waals surface area contributed by atoms with Crippen LogP contribution < -0.4 is 9.80 Å².